The molecule has 0 aliphatic rings. The van der Waals surface area contributed by atoms with E-state index in [4.69, 9.17) is 5.11 Å². The zero-order valence-electron chi connectivity index (χ0n) is 11.0. The number of phenolic OH excluding ortho intramolecular Hbond substituents is 2. The van der Waals surface area contributed by atoms with E-state index < -0.39 is 9.84 Å². The van der Waals surface area contributed by atoms with Crippen LogP contribution in [0.25, 0.3) is 6.08 Å². The number of hydrogen-bond acceptors (Lipinski definition) is 4. The fourth-order valence-corrected chi connectivity index (χ4v) is 2.73. The van der Waals surface area contributed by atoms with Crippen LogP contribution in [0.1, 0.15) is 38.2 Å². The lowest BCUT2D eigenvalue weighted by atomic mass is 10.2. The van der Waals surface area contributed by atoms with Crippen LogP contribution in [0.5, 0.6) is 11.5 Å². The van der Waals surface area contributed by atoms with Crippen LogP contribution in [0.4, 0.5) is 0 Å². The topological polar surface area (TPSA) is 74.6 Å². The van der Waals surface area contributed by atoms with E-state index in [0.717, 1.165) is 24.7 Å². The maximum atomic E-state index is 11.7. The maximum absolute atomic E-state index is 11.7. The van der Waals surface area contributed by atoms with Crippen molar-refractivity contribution in [3.8, 4) is 11.5 Å². The Kier molecular flexibility index (Phi) is 5.89. The molecule has 0 aromatic heterocycles. The summed E-state index contributed by atoms with van der Waals surface area (Å²) in [6.45, 7) is 2.08. The molecule has 0 aliphatic carbocycles. The van der Waals surface area contributed by atoms with E-state index in [-0.39, 0.29) is 17.3 Å². The molecule has 0 aliphatic heterocycles. The lowest BCUT2D eigenvalue weighted by molar-refractivity contribution is 0.403. The molecule has 1 aromatic carbocycles. The van der Waals surface area contributed by atoms with Crippen molar-refractivity contribution >= 4 is 15.9 Å². The third kappa shape index (κ3) is 5.79. The van der Waals surface area contributed by atoms with E-state index in [1.54, 1.807) is 0 Å². The summed E-state index contributed by atoms with van der Waals surface area (Å²) in [4.78, 5) is 0. The van der Waals surface area contributed by atoms with Gasteiger partial charge in [-0.2, -0.15) is 0 Å². The molecular formula is C14H20O4S. The summed E-state index contributed by atoms with van der Waals surface area (Å²) in [5.74, 6) is -0.338. The van der Waals surface area contributed by atoms with Crippen molar-refractivity contribution in [2.24, 2.45) is 0 Å². The minimum Gasteiger partial charge on any atom is -0.504 e. The Labute approximate surface area is 114 Å². The molecule has 0 heterocycles. The summed E-state index contributed by atoms with van der Waals surface area (Å²) in [5, 5.41) is 19.6. The second-order valence-electron chi connectivity index (χ2n) is 4.48. The first-order valence-electron chi connectivity index (χ1n) is 6.37. The Bertz CT molecular complexity index is 532. The summed E-state index contributed by atoms with van der Waals surface area (Å²) >= 11 is 0. The molecule has 0 saturated heterocycles. The molecule has 0 bridgehead atoms. The van der Waals surface area contributed by atoms with Crippen LogP contribution in [-0.2, 0) is 9.84 Å². The molecule has 4 nitrogen and oxygen atoms in total. The van der Waals surface area contributed by atoms with Gasteiger partial charge < -0.3 is 10.2 Å². The van der Waals surface area contributed by atoms with Crippen LogP contribution in [0, 0.1) is 0 Å². The van der Waals surface area contributed by atoms with Gasteiger partial charge in [-0.05, 0) is 30.2 Å². The van der Waals surface area contributed by atoms with Gasteiger partial charge in [0, 0.05) is 5.41 Å². The SMILES string of the molecule is CCCCCCS(=O)(=O)/C=C/c1ccc(O)c(O)c1. The van der Waals surface area contributed by atoms with Crippen molar-refractivity contribution in [2.75, 3.05) is 5.75 Å². The molecule has 5 heteroatoms. The number of sulfone groups is 1. The highest BCUT2D eigenvalue weighted by atomic mass is 32.2. The Morgan fingerprint density at radius 2 is 1.84 bits per heavy atom. The van der Waals surface area contributed by atoms with Gasteiger partial charge in [0.25, 0.3) is 0 Å². The Balaban J connectivity index is 2.61. The third-order valence-electron chi connectivity index (χ3n) is 2.75. The number of benzene rings is 1. The Hall–Kier alpha value is -1.49. The molecule has 0 radical (unpaired) electrons. The smallest absolute Gasteiger partial charge is 0.171 e. The van der Waals surface area contributed by atoms with Gasteiger partial charge in [0.15, 0.2) is 21.3 Å². The largest absolute Gasteiger partial charge is 0.504 e. The van der Waals surface area contributed by atoms with E-state index in [9.17, 15) is 13.5 Å². The van der Waals surface area contributed by atoms with Crippen molar-refractivity contribution in [1.82, 2.24) is 0 Å². The number of phenols is 2. The highest BCUT2D eigenvalue weighted by Gasteiger charge is 2.05. The average molecular weight is 284 g/mol. The number of rotatable bonds is 7. The van der Waals surface area contributed by atoms with Gasteiger partial charge in [-0.3, -0.25) is 0 Å². The van der Waals surface area contributed by atoms with Crippen LogP contribution in [0.3, 0.4) is 0 Å². The summed E-state index contributed by atoms with van der Waals surface area (Å²) in [6, 6.07) is 4.18. The average Bonchev–Trinajstić information content (AvgIpc) is 2.36. The molecule has 0 saturated carbocycles. The van der Waals surface area contributed by atoms with Crippen molar-refractivity contribution in [3.63, 3.8) is 0 Å². The lowest BCUT2D eigenvalue weighted by Crippen LogP contribution is -2.01. The molecule has 0 fully saturated rings. The summed E-state index contributed by atoms with van der Waals surface area (Å²) in [5.41, 5.74) is 0.535. The third-order valence-corrected chi connectivity index (χ3v) is 4.16. The van der Waals surface area contributed by atoms with Crippen LogP contribution < -0.4 is 0 Å². The molecule has 0 spiro atoms. The minimum atomic E-state index is -3.21. The van der Waals surface area contributed by atoms with Gasteiger partial charge in [0.2, 0.25) is 0 Å². The van der Waals surface area contributed by atoms with E-state index in [1.807, 2.05) is 0 Å². The van der Waals surface area contributed by atoms with E-state index in [2.05, 4.69) is 6.92 Å². The molecule has 1 aromatic rings. The quantitative estimate of drug-likeness (QED) is 0.596. The molecule has 1 rings (SSSR count). The second kappa shape index (κ2) is 7.19. The Morgan fingerprint density at radius 3 is 2.47 bits per heavy atom. The van der Waals surface area contributed by atoms with Crippen LogP contribution in [0.2, 0.25) is 0 Å². The van der Waals surface area contributed by atoms with Gasteiger partial charge in [0.1, 0.15) is 0 Å². The first kappa shape index (κ1) is 15.6. The highest BCUT2D eigenvalue weighted by molar-refractivity contribution is 7.94. The standard InChI is InChI=1S/C14H20O4S/c1-2-3-4-5-9-19(17,18)10-8-12-6-7-13(15)14(16)11-12/h6-8,10-11,15-16H,2-5,9H2,1H3/b10-8+. The van der Waals surface area contributed by atoms with Gasteiger partial charge in [-0.1, -0.05) is 32.3 Å². The number of unbranched alkanes of at least 4 members (excludes halogenated alkanes) is 3. The predicted octanol–water partition coefficient (Wildman–Crippen LogP) is 3.06. The van der Waals surface area contributed by atoms with Crippen LogP contribution in [-0.4, -0.2) is 24.4 Å². The lowest BCUT2D eigenvalue weighted by Gasteiger charge is -2.00. The van der Waals surface area contributed by atoms with Crippen molar-refractivity contribution in [1.29, 1.82) is 0 Å². The van der Waals surface area contributed by atoms with Crippen LogP contribution >= 0.6 is 0 Å². The molecule has 2 N–H and O–H groups in total. The second-order valence-corrected chi connectivity index (χ2v) is 6.48. The fourth-order valence-electron chi connectivity index (χ4n) is 1.62. The van der Waals surface area contributed by atoms with Crippen molar-refractivity contribution in [3.05, 3.63) is 29.2 Å². The summed E-state index contributed by atoms with van der Waals surface area (Å²) in [7, 11) is -3.21. The molecular weight excluding hydrogens is 264 g/mol. The van der Waals surface area contributed by atoms with Gasteiger partial charge in [-0.25, -0.2) is 8.42 Å². The highest BCUT2D eigenvalue weighted by Crippen LogP contribution is 2.25. The molecule has 19 heavy (non-hydrogen) atoms. The number of aromatic hydroxyl groups is 2. The minimum absolute atomic E-state index is 0.146. The first-order valence-corrected chi connectivity index (χ1v) is 8.09. The zero-order chi connectivity index (χ0) is 14.3. The van der Waals surface area contributed by atoms with Gasteiger partial charge in [0.05, 0.1) is 5.75 Å². The van der Waals surface area contributed by atoms with E-state index >= 15 is 0 Å². The maximum Gasteiger partial charge on any atom is 0.171 e. The number of hydrogen-bond donors (Lipinski definition) is 2. The van der Waals surface area contributed by atoms with E-state index in [1.165, 1.54) is 24.3 Å². The molecule has 0 unspecified atom stereocenters. The molecule has 0 atom stereocenters. The van der Waals surface area contributed by atoms with Crippen LogP contribution in [0.15, 0.2) is 23.6 Å². The molecule has 106 valence electrons. The van der Waals surface area contributed by atoms with Crippen molar-refractivity contribution in [2.45, 2.75) is 32.6 Å². The normalized spacial score (nSPS) is 12.1. The predicted molar refractivity (Wildman–Crippen MR) is 76.7 cm³/mol. The Morgan fingerprint density at radius 1 is 1.11 bits per heavy atom. The molecule has 0 amide bonds. The van der Waals surface area contributed by atoms with Crippen molar-refractivity contribution < 1.29 is 18.6 Å². The summed E-state index contributed by atoms with van der Waals surface area (Å²) in [6.07, 6.45) is 5.13. The first-order chi connectivity index (χ1) is 8.94. The fraction of sp³-hybridized carbons (Fsp3) is 0.429. The van der Waals surface area contributed by atoms with E-state index in [0.29, 0.717) is 12.0 Å². The van der Waals surface area contributed by atoms with Gasteiger partial charge in [-0.15, -0.1) is 0 Å². The zero-order valence-corrected chi connectivity index (χ0v) is 11.9. The monoisotopic (exact) mass is 284 g/mol. The summed E-state index contributed by atoms with van der Waals surface area (Å²) < 4.78 is 23.4. The van der Waals surface area contributed by atoms with Gasteiger partial charge >= 0.3 is 0 Å².